The Morgan fingerprint density at radius 2 is 2.09 bits per heavy atom. The Balaban J connectivity index is 2.33. The van der Waals surface area contributed by atoms with Crippen molar-refractivity contribution in [3.8, 4) is 0 Å². The number of hydrogen-bond donors (Lipinski definition) is 3. The molecule has 1 rings (SSSR count). The summed E-state index contributed by atoms with van der Waals surface area (Å²) in [6.45, 7) is 8.46. The van der Waals surface area contributed by atoms with E-state index in [1.54, 1.807) is 0 Å². The highest BCUT2D eigenvalue weighted by Gasteiger charge is 2.12. The maximum absolute atomic E-state index is 13.3. The van der Waals surface area contributed by atoms with Crippen molar-refractivity contribution in [1.82, 2.24) is 15.5 Å². The molecular weight excluding hydrogens is 321 g/mol. The van der Waals surface area contributed by atoms with Crippen LogP contribution in [0.5, 0.6) is 0 Å². The second-order valence-corrected chi connectivity index (χ2v) is 5.96. The van der Waals surface area contributed by atoms with E-state index in [4.69, 9.17) is 11.6 Å². The van der Waals surface area contributed by atoms with Gasteiger partial charge >= 0.3 is 6.03 Å². The molecule has 0 saturated carbocycles. The Morgan fingerprint density at radius 3 is 2.65 bits per heavy atom. The molecule has 2 amide bonds. The maximum atomic E-state index is 13.3. The van der Waals surface area contributed by atoms with Gasteiger partial charge in [0.2, 0.25) is 0 Å². The second-order valence-electron chi connectivity index (χ2n) is 5.55. The van der Waals surface area contributed by atoms with Crippen molar-refractivity contribution in [2.75, 3.05) is 26.2 Å². The first-order chi connectivity index (χ1) is 10.8. The molecule has 0 aliphatic carbocycles. The molecule has 0 saturated heterocycles. The highest BCUT2D eigenvalue weighted by Crippen LogP contribution is 2.19. The van der Waals surface area contributed by atoms with Gasteiger partial charge in [-0.3, -0.25) is 4.90 Å². The summed E-state index contributed by atoms with van der Waals surface area (Å²) in [6.07, 6.45) is -0.990. The Labute approximate surface area is 141 Å². The van der Waals surface area contributed by atoms with E-state index in [-0.39, 0.29) is 17.6 Å². The van der Waals surface area contributed by atoms with Gasteiger partial charge in [-0.25, -0.2) is 9.18 Å². The number of rotatable bonds is 8. The van der Waals surface area contributed by atoms with E-state index in [0.29, 0.717) is 18.2 Å². The number of likely N-dealkylation sites (N-methyl/N-ethyl adjacent to an activating group) is 1. The van der Waals surface area contributed by atoms with E-state index >= 15 is 0 Å². The fraction of sp³-hybridized carbons (Fsp3) is 0.562. The number of hydrogen-bond acceptors (Lipinski definition) is 3. The van der Waals surface area contributed by atoms with E-state index in [1.165, 1.54) is 12.1 Å². The molecule has 5 nitrogen and oxygen atoms in total. The summed E-state index contributed by atoms with van der Waals surface area (Å²) in [6, 6.07) is 4.12. The molecule has 0 fully saturated rings. The summed E-state index contributed by atoms with van der Waals surface area (Å²) in [5.41, 5.74) is 0.365. The van der Waals surface area contributed by atoms with Crippen LogP contribution in [0.4, 0.5) is 9.18 Å². The predicted octanol–water partition coefficient (Wildman–Crippen LogP) is 2.54. The minimum atomic E-state index is -0.990. The van der Waals surface area contributed by atoms with Crippen LogP contribution in [-0.2, 0) is 0 Å². The number of aliphatic hydroxyl groups is 1. The molecule has 0 aromatic heterocycles. The van der Waals surface area contributed by atoms with Gasteiger partial charge in [-0.05, 0) is 38.1 Å². The molecule has 1 unspecified atom stereocenters. The second kappa shape index (κ2) is 9.70. The smallest absolute Gasteiger partial charge is 0.314 e. The number of aliphatic hydroxyl groups excluding tert-OH is 1. The number of nitrogens with zero attached hydrogens (tertiary/aromatic N) is 1. The normalized spacial score (nSPS) is 12.5. The molecule has 130 valence electrons. The molecule has 1 atom stereocenters. The standard InChI is InChI=1S/C16H25ClFN3O2/c1-4-21(11(2)3)8-7-19-16(23)20-10-15(22)12-5-6-13(17)14(18)9-12/h5-6,9,11,15,22H,4,7-8,10H2,1-3H3,(H2,19,20,23). The minimum absolute atomic E-state index is 0.00252. The van der Waals surface area contributed by atoms with Gasteiger partial charge in [0.15, 0.2) is 0 Å². The van der Waals surface area contributed by atoms with E-state index < -0.39 is 11.9 Å². The van der Waals surface area contributed by atoms with Gasteiger partial charge < -0.3 is 15.7 Å². The number of halogens is 2. The maximum Gasteiger partial charge on any atom is 0.314 e. The fourth-order valence-electron chi connectivity index (χ4n) is 2.18. The Morgan fingerprint density at radius 1 is 1.39 bits per heavy atom. The first-order valence-electron chi connectivity index (χ1n) is 7.73. The van der Waals surface area contributed by atoms with Gasteiger partial charge in [-0.15, -0.1) is 0 Å². The molecule has 0 aliphatic heterocycles. The van der Waals surface area contributed by atoms with Gasteiger partial charge in [0.25, 0.3) is 0 Å². The number of carbonyl (C=O) groups is 1. The number of nitrogens with one attached hydrogen (secondary N) is 2. The van der Waals surface area contributed by atoms with Gasteiger partial charge in [0.1, 0.15) is 5.82 Å². The zero-order chi connectivity index (χ0) is 17.4. The van der Waals surface area contributed by atoms with Crippen LogP contribution < -0.4 is 10.6 Å². The monoisotopic (exact) mass is 345 g/mol. The van der Waals surface area contributed by atoms with E-state index in [1.807, 2.05) is 0 Å². The van der Waals surface area contributed by atoms with Crippen LogP contribution in [0.15, 0.2) is 18.2 Å². The predicted molar refractivity (Wildman–Crippen MR) is 90.2 cm³/mol. The molecule has 0 aliphatic rings. The number of urea groups is 1. The third-order valence-electron chi connectivity index (χ3n) is 3.61. The zero-order valence-electron chi connectivity index (χ0n) is 13.8. The molecule has 23 heavy (non-hydrogen) atoms. The lowest BCUT2D eigenvalue weighted by molar-refractivity contribution is 0.172. The Hall–Kier alpha value is -1.37. The van der Waals surface area contributed by atoms with Crippen LogP contribution >= 0.6 is 11.6 Å². The molecule has 0 heterocycles. The SMILES string of the molecule is CCN(CCNC(=O)NCC(O)c1ccc(Cl)c(F)c1)C(C)C. The van der Waals surface area contributed by atoms with Gasteiger partial charge in [0, 0.05) is 25.7 Å². The van der Waals surface area contributed by atoms with Crippen molar-refractivity contribution in [1.29, 1.82) is 0 Å². The first-order valence-corrected chi connectivity index (χ1v) is 8.11. The third-order valence-corrected chi connectivity index (χ3v) is 3.91. The quantitative estimate of drug-likeness (QED) is 0.678. The molecule has 0 spiro atoms. The molecular formula is C16H25ClFN3O2. The summed E-state index contributed by atoms with van der Waals surface area (Å²) in [5, 5.41) is 15.2. The zero-order valence-corrected chi connectivity index (χ0v) is 14.5. The van der Waals surface area contributed by atoms with E-state index in [2.05, 4.69) is 36.3 Å². The van der Waals surface area contributed by atoms with Crippen LogP contribution in [-0.4, -0.2) is 48.3 Å². The van der Waals surface area contributed by atoms with Crippen molar-refractivity contribution in [2.45, 2.75) is 32.9 Å². The van der Waals surface area contributed by atoms with Crippen LogP contribution in [0, 0.1) is 5.82 Å². The number of amides is 2. The van der Waals surface area contributed by atoms with E-state index in [9.17, 15) is 14.3 Å². The summed E-state index contributed by atoms with van der Waals surface area (Å²) in [7, 11) is 0. The van der Waals surface area contributed by atoms with Crippen LogP contribution in [0.25, 0.3) is 0 Å². The molecule has 1 aromatic rings. The highest BCUT2D eigenvalue weighted by atomic mass is 35.5. The summed E-state index contributed by atoms with van der Waals surface area (Å²) < 4.78 is 13.3. The van der Waals surface area contributed by atoms with E-state index in [0.717, 1.165) is 19.2 Å². The molecule has 7 heteroatoms. The van der Waals surface area contributed by atoms with Crippen LogP contribution in [0.2, 0.25) is 5.02 Å². The Kier molecular flexibility index (Phi) is 8.30. The van der Waals surface area contributed by atoms with Crippen molar-refractivity contribution >= 4 is 17.6 Å². The lowest BCUT2D eigenvalue weighted by Crippen LogP contribution is -2.43. The van der Waals surface area contributed by atoms with Crippen molar-refractivity contribution < 1.29 is 14.3 Å². The van der Waals surface area contributed by atoms with Crippen molar-refractivity contribution in [3.05, 3.63) is 34.6 Å². The summed E-state index contributed by atoms with van der Waals surface area (Å²) in [5.74, 6) is -0.596. The Bertz CT molecular complexity index is 514. The highest BCUT2D eigenvalue weighted by molar-refractivity contribution is 6.30. The number of carbonyl (C=O) groups excluding carboxylic acids is 1. The largest absolute Gasteiger partial charge is 0.387 e. The molecule has 0 bridgehead atoms. The first kappa shape index (κ1) is 19.7. The lowest BCUT2D eigenvalue weighted by atomic mass is 10.1. The average molecular weight is 346 g/mol. The molecule has 0 radical (unpaired) electrons. The topological polar surface area (TPSA) is 64.6 Å². The van der Waals surface area contributed by atoms with Gasteiger partial charge in [-0.1, -0.05) is 24.6 Å². The van der Waals surface area contributed by atoms with Crippen LogP contribution in [0.3, 0.4) is 0 Å². The minimum Gasteiger partial charge on any atom is -0.387 e. The summed E-state index contributed by atoms with van der Waals surface area (Å²) >= 11 is 5.59. The van der Waals surface area contributed by atoms with Crippen molar-refractivity contribution in [2.24, 2.45) is 0 Å². The molecule has 1 aromatic carbocycles. The summed E-state index contributed by atoms with van der Waals surface area (Å²) in [4.78, 5) is 13.9. The number of benzene rings is 1. The van der Waals surface area contributed by atoms with Crippen molar-refractivity contribution in [3.63, 3.8) is 0 Å². The lowest BCUT2D eigenvalue weighted by Gasteiger charge is -2.24. The average Bonchev–Trinajstić information content (AvgIpc) is 2.51. The van der Waals surface area contributed by atoms with Gasteiger partial charge in [-0.2, -0.15) is 0 Å². The molecule has 3 N–H and O–H groups in total. The fourth-order valence-corrected chi connectivity index (χ4v) is 2.30. The van der Waals surface area contributed by atoms with Crippen LogP contribution in [0.1, 0.15) is 32.4 Å². The third kappa shape index (κ3) is 6.72. The van der Waals surface area contributed by atoms with Gasteiger partial charge in [0.05, 0.1) is 11.1 Å².